The van der Waals surface area contributed by atoms with E-state index in [1.165, 1.54) is 0 Å². The zero-order valence-electron chi connectivity index (χ0n) is 14.0. The lowest BCUT2D eigenvalue weighted by Crippen LogP contribution is -2.27. The summed E-state index contributed by atoms with van der Waals surface area (Å²) in [6.07, 6.45) is 1.06. The van der Waals surface area contributed by atoms with Crippen LogP contribution in [0.2, 0.25) is 0 Å². The lowest BCUT2D eigenvalue weighted by atomic mass is 10.1. The third-order valence-corrected chi connectivity index (χ3v) is 3.58. The highest BCUT2D eigenvalue weighted by atomic mass is 16.5. The van der Waals surface area contributed by atoms with Crippen molar-refractivity contribution in [1.82, 2.24) is 5.32 Å². The van der Waals surface area contributed by atoms with Gasteiger partial charge in [-0.2, -0.15) is 0 Å². The second kappa shape index (κ2) is 9.57. The van der Waals surface area contributed by atoms with Crippen molar-refractivity contribution in [2.45, 2.75) is 19.4 Å². The minimum absolute atomic E-state index is 0.00928. The molecule has 0 saturated heterocycles. The Morgan fingerprint density at radius 1 is 1.12 bits per heavy atom. The first-order valence-electron chi connectivity index (χ1n) is 8.00. The maximum atomic E-state index is 11.7. The van der Waals surface area contributed by atoms with Crippen LogP contribution in [0.25, 0.3) is 0 Å². The number of methoxy groups -OCH3 is 1. The van der Waals surface area contributed by atoms with E-state index < -0.39 is 0 Å². The molecule has 0 radical (unpaired) electrons. The molecular formula is C19H24N2O3. The van der Waals surface area contributed by atoms with Gasteiger partial charge in [-0.25, -0.2) is 0 Å². The molecule has 2 aromatic rings. The first-order chi connectivity index (χ1) is 11.7. The third kappa shape index (κ3) is 5.93. The zero-order valence-corrected chi connectivity index (χ0v) is 14.0. The SMILES string of the molecule is COCCNC(=O)CCc1ccc(OCc2ccccc2)c(N)c1. The van der Waals surface area contributed by atoms with Gasteiger partial charge in [-0.05, 0) is 29.7 Å². The Bertz CT molecular complexity index is 644. The molecule has 0 bridgehead atoms. The summed E-state index contributed by atoms with van der Waals surface area (Å²) in [5.74, 6) is 0.669. The van der Waals surface area contributed by atoms with Gasteiger partial charge in [-0.1, -0.05) is 36.4 Å². The number of rotatable bonds is 9. The summed E-state index contributed by atoms with van der Waals surface area (Å²) < 4.78 is 10.6. The van der Waals surface area contributed by atoms with Crippen molar-refractivity contribution in [3.05, 3.63) is 59.7 Å². The first kappa shape index (κ1) is 17.8. The van der Waals surface area contributed by atoms with Crippen LogP contribution in [0.15, 0.2) is 48.5 Å². The van der Waals surface area contributed by atoms with Gasteiger partial charge in [0.1, 0.15) is 12.4 Å². The fourth-order valence-corrected chi connectivity index (χ4v) is 2.26. The second-order valence-electron chi connectivity index (χ2n) is 5.49. The molecule has 3 N–H and O–H groups in total. The Morgan fingerprint density at radius 3 is 2.62 bits per heavy atom. The molecule has 0 aliphatic carbocycles. The molecule has 0 fully saturated rings. The van der Waals surface area contributed by atoms with E-state index in [1.54, 1.807) is 7.11 Å². The summed E-state index contributed by atoms with van der Waals surface area (Å²) in [6, 6.07) is 15.6. The van der Waals surface area contributed by atoms with E-state index in [1.807, 2.05) is 48.5 Å². The number of nitrogens with two attached hydrogens (primary N) is 1. The number of nitrogens with one attached hydrogen (secondary N) is 1. The van der Waals surface area contributed by atoms with Crippen molar-refractivity contribution in [2.75, 3.05) is 26.0 Å². The first-order valence-corrected chi connectivity index (χ1v) is 8.00. The number of carbonyl (C=O) groups excluding carboxylic acids is 1. The van der Waals surface area contributed by atoms with Crippen LogP contribution in [-0.4, -0.2) is 26.2 Å². The third-order valence-electron chi connectivity index (χ3n) is 3.58. The van der Waals surface area contributed by atoms with Gasteiger partial charge in [-0.15, -0.1) is 0 Å². The number of amides is 1. The van der Waals surface area contributed by atoms with Gasteiger partial charge in [0.2, 0.25) is 5.91 Å². The van der Waals surface area contributed by atoms with Crippen LogP contribution in [0.1, 0.15) is 17.5 Å². The van der Waals surface area contributed by atoms with Crippen LogP contribution in [0.5, 0.6) is 5.75 Å². The van der Waals surface area contributed by atoms with Crippen LogP contribution in [-0.2, 0) is 22.6 Å². The molecule has 0 aliphatic rings. The molecule has 0 saturated carbocycles. The van der Waals surface area contributed by atoms with Crippen LogP contribution in [0.3, 0.4) is 0 Å². The summed E-state index contributed by atoms with van der Waals surface area (Å²) in [5, 5.41) is 2.80. The van der Waals surface area contributed by atoms with Gasteiger partial charge in [0, 0.05) is 20.1 Å². The van der Waals surface area contributed by atoms with Gasteiger partial charge >= 0.3 is 0 Å². The van der Waals surface area contributed by atoms with E-state index in [4.69, 9.17) is 15.2 Å². The highest BCUT2D eigenvalue weighted by Gasteiger charge is 2.05. The number of anilines is 1. The predicted molar refractivity (Wildman–Crippen MR) is 94.8 cm³/mol. The van der Waals surface area contributed by atoms with Gasteiger partial charge in [-0.3, -0.25) is 4.79 Å². The highest BCUT2D eigenvalue weighted by Crippen LogP contribution is 2.24. The summed E-state index contributed by atoms with van der Waals surface area (Å²) in [7, 11) is 1.61. The standard InChI is InChI=1S/C19H24N2O3/c1-23-12-11-21-19(22)10-8-15-7-9-18(17(20)13-15)24-14-16-5-3-2-4-6-16/h2-7,9,13H,8,10-12,14,20H2,1H3,(H,21,22). The highest BCUT2D eigenvalue weighted by molar-refractivity contribution is 5.76. The summed E-state index contributed by atoms with van der Waals surface area (Å²) in [6.45, 7) is 1.53. The average molecular weight is 328 g/mol. The van der Waals surface area contributed by atoms with Crippen molar-refractivity contribution < 1.29 is 14.3 Å². The normalized spacial score (nSPS) is 10.4. The fraction of sp³-hybridized carbons (Fsp3) is 0.316. The Labute approximate surface area is 142 Å². The van der Waals surface area contributed by atoms with E-state index in [0.29, 0.717) is 44.0 Å². The zero-order chi connectivity index (χ0) is 17.2. The molecule has 2 rings (SSSR count). The van der Waals surface area contributed by atoms with Crippen molar-refractivity contribution in [1.29, 1.82) is 0 Å². The molecule has 0 aromatic heterocycles. The number of hydrogen-bond acceptors (Lipinski definition) is 4. The van der Waals surface area contributed by atoms with Crippen LogP contribution >= 0.6 is 0 Å². The van der Waals surface area contributed by atoms with Crippen molar-refractivity contribution in [3.63, 3.8) is 0 Å². The van der Waals surface area contributed by atoms with Crippen molar-refractivity contribution in [3.8, 4) is 5.75 Å². The lowest BCUT2D eigenvalue weighted by molar-refractivity contribution is -0.121. The van der Waals surface area contributed by atoms with Gasteiger partial charge in [0.25, 0.3) is 0 Å². The minimum Gasteiger partial charge on any atom is -0.487 e. The minimum atomic E-state index is 0.00928. The van der Waals surface area contributed by atoms with Crippen LogP contribution in [0, 0.1) is 0 Å². The summed E-state index contributed by atoms with van der Waals surface area (Å²) >= 11 is 0. The Morgan fingerprint density at radius 2 is 1.92 bits per heavy atom. The quantitative estimate of drug-likeness (QED) is 0.548. The van der Waals surface area contributed by atoms with Crippen molar-refractivity contribution in [2.24, 2.45) is 0 Å². The number of nitrogen functional groups attached to an aromatic ring is 1. The Hall–Kier alpha value is -2.53. The summed E-state index contributed by atoms with van der Waals surface area (Å²) in [4.78, 5) is 11.7. The van der Waals surface area contributed by atoms with Gasteiger partial charge < -0.3 is 20.5 Å². The van der Waals surface area contributed by atoms with E-state index in [9.17, 15) is 4.79 Å². The molecule has 1 amide bonds. The number of benzene rings is 2. The molecule has 0 unspecified atom stereocenters. The molecule has 0 aliphatic heterocycles. The molecule has 0 atom stereocenters. The Balaban J connectivity index is 1.82. The number of aryl methyl sites for hydroxylation is 1. The number of ether oxygens (including phenoxy) is 2. The van der Waals surface area contributed by atoms with E-state index in [0.717, 1.165) is 11.1 Å². The molecular weight excluding hydrogens is 304 g/mol. The second-order valence-corrected chi connectivity index (χ2v) is 5.49. The molecule has 24 heavy (non-hydrogen) atoms. The fourth-order valence-electron chi connectivity index (χ4n) is 2.26. The van der Waals surface area contributed by atoms with Gasteiger partial charge in [0.15, 0.2) is 0 Å². The topological polar surface area (TPSA) is 73.6 Å². The van der Waals surface area contributed by atoms with Crippen molar-refractivity contribution >= 4 is 11.6 Å². The molecule has 5 heteroatoms. The van der Waals surface area contributed by atoms with Crippen LogP contribution < -0.4 is 15.8 Å². The van der Waals surface area contributed by atoms with E-state index in [-0.39, 0.29) is 5.91 Å². The number of hydrogen-bond donors (Lipinski definition) is 2. The smallest absolute Gasteiger partial charge is 0.220 e. The van der Waals surface area contributed by atoms with E-state index in [2.05, 4.69) is 5.32 Å². The Kier molecular flexibility index (Phi) is 7.11. The molecule has 0 heterocycles. The monoisotopic (exact) mass is 328 g/mol. The largest absolute Gasteiger partial charge is 0.487 e. The predicted octanol–water partition coefficient (Wildman–Crippen LogP) is 2.54. The lowest BCUT2D eigenvalue weighted by Gasteiger charge is -2.11. The molecule has 128 valence electrons. The maximum Gasteiger partial charge on any atom is 0.220 e. The summed E-state index contributed by atoms with van der Waals surface area (Å²) in [5.41, 5.74) is 8.74. The molecule has 5 nitrogen and oxygen atoms in total. The molecule has 0 spiro atoms. The van der Waals surface area contributed by atoms with Gasteiger partial charge in [0.05, 0.1) is 12.3 Å². The van der Waals surface area contributed by atoms with Crippen LogP contribution in [0.4, 0.5) is 5.69 Å². The average Bonchev–Trinajstić information content (AvgIpc) is 2.60. The maximum absolute atomic E-state index is 11.7. The van der Waals surface area contributed by atoms with E-state index >= 15 is 0 Å². The number of carbonyl (C=O) groups is 1. The molecule has 2 aromatic carbocycles.